The van der Waals surface area contributed by atoms with Gasteiger partial charge < -0.3 is 0 Å². The molecule has 0 aliphatic carbocycles. The highest BCUT2D eigenvalue weighted by molar-refractivity contribution is 5.35. The lowest BCUT2D eigenvalue weighted by Gasteiger charge is -2.21. The van der Waals surface area contributed by atoms with E-state index >= 15 is 0 Å². The topological polar surface area (TPSA) is 45.5 Å². The van der Waals surface area contributed by atoms with Crippen LogP contribution >= 0.6 is 0 Å². The average Bonchev–Trinajstić information content (AvgIpc) is 2.90. The normalized spacial score (nSPS) is 14.2. The molecular weight excluding hydrogens is 259 g/mol. The van der Waals surface area contributed by atoms with Crippen molar-refractivity contribution in [1.82, 2.24) is 15.2 Å². The van der Waals surface area contributed by atoms with Crippen molar-refractivity contribution in [3.63, 3.8) is 0 Å². The van der Waals surface area contributed by atoms with E-state index in [0.717, 1.165) is 12.1 Å². The van der Waals surface area contributed by atoms with Crippen LogP contribution in [-0.4, -0.2) is 9.66 Å². The lowest BCUT2D eigenvalue weighted by molar-refractivity contribution is -0.137. The zero-order valence-corrected chi connectivity index (χ0v) is 9.46. The fourth-order valence-electron chi connectivity index (χ4n) is 1.69. The second-order valence-electron chi connectivity index (χ2n) is 3.90. The summed E-state index contributed by atoms with van der Waals surface area (Å²) in [5.41, 5.74) is 1.89. The fraction of sp³-hybridized carbons (Fsp3) is 0.0909. The van der Waals surface area contributed by atoms with Gasteiger partial charge in [-0.3, -0.25) is 0 Å². The summed E-state index contributed by atoms with van der Waals surface area (Å²) in [5.74, 6) is 0. The number of hydrazine groups is 1. The molecule has 0 unspecified atom stereocenters. The second kappa shape index (κ2) is 4.01. The van der Waals surface area contributed by atoms with E-state index in [-0.39, 0.29) is 5.36 Å². The van der Waals surface area contributed by atoms with Crippen LogP contribution in [0.1, 0.15) is 5.56 Å². The Balaban J connectivity index is 2.04. The van der Waals surface area contributed by atoms with Crippen molar-refractivity contribution in [3.8, 4) is 0 Å². The predicted octanol–water partition coefficient (Wildman–Crippen LogP) is 0.331. The summed E-state index contributed by atoms with van der Waals surface area (Å²) in [6.07, 6.45) is 2.05. The monoisotopic (exact) mass is 267 g/mol. The van der Waals surface area contributed by atoms with Gasteiger partial charge in [-0.2, -0.15) is 28.9 Å². The van der Waals surface area contributed by atoms with Gasteiger partial charge >= 0.3 is 6.18 Å². The van der Waals surface area contributed by atoms with Gasteiger partial charge in [-0.25, -0.2) is 9.66 Å². The van der Waals surface area contributed by atoms with Crippen molar-refractivity contribution >= 4 is 6.20 Å². The number of hydrogen-bond donors (Lipinski definition) is 1. The Morgan fingerprint density at radius 1 is 1.21 bits per heavy atom. The molecular formula is C11H8F3N5. The number of aromatic nitrogens is 2. The Labute approximate surface area is 105 Å². The smallest absolute Gasteiger partial charge is 0.243 e. The van der Waals surface area contributed by atoms with Crippen molar-refractivity contribution < 1.29 is 13.2 Å². The van der Waals surface area contributed by atoms with Crippen LogP contribution in [0.3, 0.4) is 0 Å². The minimum Gasteiger partial charge on any atom is -0.243 e. The molecule has 8 heteroatoms. The standard InChI is InChI=1S/C11H8F3N5/c12-11(13,14)9-2-1-8-6-19(17-16-10(8)5-9)18-4-3-15-7-18/h1-7,17H. The summed E-state index contributed by atoms with van der Waals surface area (Å²) in [4.78, 5) is 3.87. The number of hydrogen-bond acceptors (Lipinski definition) is 4. The zero-order valence-electron chi connectivity index (χ0n) is 9.46. The number of rotatable bonds is 1. The second-order valence-corrected chi connectivity index (χ2v) is 3.90. The first-order valence-corrected chi connectivity index (χ1v) is 5.34. The van der Waals surface area contributed by atoms with Crippen LogP contribution in [-0.2, 0) is 6.18 Å². The third-order valence-electron chi connectivity index (χ3n) is 2.63. The van der Waals surface area contributed by atoms with Gasteiger partial charge in [0, 0.05) is 17.6 Å². The van der Waals surface area contributed by atoms with E-state index < -0.39 is 11.7 Å². The number of nitrogens with zero attached hydrogens (tertiary/aromatic N) is 4. The van der Waals surface area contributed by atoms with Gasteiger partial charge in [0.15, 0.2) is 0 Å². The molecule has 1 aromatic heterocycles. The molecule has 19 heavy (non-hydrogen) atoms. The highest BCUT2D eigenvalue weighted by Gasteiger charge is 2.30. The molecule has 1 aliphatic heterocycles. The van der Waals surface area contributed by atoms with Gasteiger partial charge in [-0.05, 0) is 12.1 Å². The molecule has 0 amide bonds. The molecule has 1 aromatic carbocycles. The van der Waals surface area contributed by atoms with Crippen LogP contribution in [0.2, 0.25) is 0 Å². The van der Waals surface area contributed by atoms with Crippen molar-refractivity contribution in [3.05, 3.63) is 53.1 Å². The number of nitrogens with one attached hydrogen (secondary N) is 1. The molecule has 0 fully saturated rings. The zero-order chi connectivity index (χ0) is 13.5. The molecule has 1 aliphatic rings. The number of halogens is 3. The summed E-state index contributed by atoms with van der Waals surface area (Å²) in [6.45, 7) is 0. The minimum atomic E-state index is -4.37. The highest BCUT2D eigenvalue weighted by atomic mass is 19.4. The van der Waals surface area contributed by atoms with E-state index in [4.69, 9.17) is 0 Å². The minimum absolute atomic E-state index is 0.242. The van der Waals surface area contributed by atoms with Gasteiger partial charge in [0.2, 0.25) is 0 Å². The van der Waals surface area contributed by atoms with E-state index in [1.165, 1.54) is 17.5 Å². The van der Waals surface area contributed by atoms with Gasteiger partial charge in [0.25, 0.3) is 0 Å². The maximum atomic E-state index is 12.6. The van der Waals surface area contributed by atoms with Gasteiger partial charge in [0.05, 0.1) is 17.1 Å². The lowest BCUT2D eigenvalue weighted by Crippen LogP contribution is -2.47. The molecule has 1 N–H and O–H groups in total. The number of fused-ring (bicyclic) bond motifs is 1. The van der Waals surface area contributed by atoms with Crippen molar-refractivity contribution in [2.75, 3.05) is 5.12 Å². The molecule has 0 saturated heterocycles. The highest BCUT2D eigenvalue weighted by Crippen LogP contribution is 2.27. The number of imidazole rings is 1. The first-order valence-electron chi connectivity index (χ1n) is 5.34. The Morgan fingerprint density at radius 2 is 2.05 bits per heavy atom. The van der Waals surface area contributed by atoms with Crippen LogP contribution in [0.4, 0.5) is 13.2 Å². The van der Waals surface area contributed by atoms with E-state index in [1.807, 2.05) is 0 Å². The molecule has 0 spiro atoms. The van der Waals surface area contributed by atoms with Crippen LogP contribution < -0.4 is 21.2 Å². The molecule has 0 radical (unpaired) electrons. The summed E-state index contributed by atoms with van der Waals surface area (Å²) in [7, 11) is 0. The molecule has 98 valence electrons. The maximum absolute atomic E-state index is 12.6. The Bertz CT molecular complexity index is 705. The first-order chi connectivity index (χ1) is 9.04. The fourth-order valence-corrected chi connectivity index (χ4v) is 1.69. The SMILES string of the molecule is FC(F)(F)c1ccc2c(c1)=NNN(n1ccnc1)C=2. The van der Waals surface area contributed by atoms with Gasteiger partial charge in [0.1, 0.15) is 6.33 Å². The molecule has 2 aromatic rings. The first kappa shape index (κ1) is 11.6. The van der Waals surface area contributed by atoms with Crippen molar-refractivity contribution in [1.29, 1.82) is 0 Å². The van der Waals surface area contributed by atoms with Crippen LogP contribution in [0.25, 0.3) is 6.20 Å². The van der Waals surface area contributed by atoms with E-state index in [9.17, 15) is 13.2 Å². The third kappa shape index (κ3) is 2.12. The van der Waals surface area contributed by atoms with Crippen LogP contribution in [0.5, 0.6) is 0 Å². The number of benzene rings is 1. The van der Waals surface area contributed by atoms with Crippen LogP contribution in [0.15, 0.2) is 42.0 Å². The van der Waals surface area contributed by atoms with Crippen molar-refractivity contribution in [2.24, 2.45) is 5.10 Å². The Morgan fingerprint density at radius 3 is 2.74 bits per heavy atom. The summed E-state index contributed by atoms with van der Waals surface area (Å²) in [5, 5.41) is 6.23. The lowest BCUT2D eigenvalue weighted by atomic mass is 10.2. The molecule has 0 atom stereocenters. The molecule has 2 heterocycles. The third-order valence-corrected chi connectivity index (χ3v) is 2.63. The van der Waals surface area contributed by atoms with E-state index in [1.54, 1.807) is 23.3 Å². The van der Waals surface area contributed by atoms with Gasteiger partial charge in [-0.15, -0.1) is 0 Å². The average molecular weight is 267 g/mol. The van der Waals surface area contributed by atoms with Crippen LogP contribution in [0, 0.1) is 0 Å². The molecule has 0 bridgehead atoms. The van der Waals surface area contributed by atoms with Crippen molar-refractivity contribution in [2.45, 2.75) is 6.18 Å². The largest absolute Gasteiger partial charge is 0.416 e. The summed E-state index contributed by atoms with van der Waals surface area (Å²) >= 11 is 0. The predicted molar refractivity (Wildman–Crippen MR) is 60.3 cm³/mol. The summed E-state index contributed by atoms with van der Waals surface area (Å²) < 4.78 is 39.3. The Hall–Kier alpha value is -2.51. The van der Waals surface area contributed by atoms with Gasteiger partial charge in [-0.1, -0.05) is 6.07 Å². The molecule has 5 nitrogen and oxygen atoms in total. The molecule has 0 saturated carbocycles. The molecule has 3 rings (SSSR count). The Kier molecular flexibility index (Phi) is 2.44. The van der Waals surface area contributed by atoms with E-state index in [2.05, 4.69) is 15.6 Å². The quantitative estimate of drug-likeness (QED) is 0.810. The summed E-state index contributed by atoms with van der Waals surface area (Å²) in [6, 6.07) is 3.42. The van der Waals surface area contributed by atoms with E-state index in [0.29, 0.717) is 5.22 Å². The maximum Gasteiger partial charge on any atom is 0.416 e. The number of alkyl halides is 3.